The minimum absolute atomic E-state index is 0.0389. The molecule has 0 saturated heterocycles. The molecule has 1 aliphatic carbocycles. The van der Waals surface area contributed by atoms with E-state index >= 15 is 0 Å². The summed E-state index contributed by atoms with van der Waals surface area (Å²) in [6.45, 7) is 0. The summed E-state index contributed by atoms with van der Waals surface area (Å²) in [5.74, 6) is 1.17. The van der Waals surface area contributed by atoms with Gasteiger partial charge in [-0.3, -0.25) is 4.79 Å². The number of aromatic nitrogens is 3. The number of halogens is 1. The number of Topliss-reactive ketones (excluding diaryl/α,β-unsaturated/α-hetero) is 1. The molecule has 1 aliphatic rings. The monoisotopic (exact) mass is 365 g/mol. The molecule has 0 amide bonds. The van der Waals surface area contributed by atoms with Crippen LogP contribution in [0, 0.1) is 0 Å². The molecule has 4 nitrogen and oxygen atoms in total. The molecule has 0 spiro atoms. The highest BCUT2D eigenvalue weighted by molar-refractivity contribution is 9.10. The number of nitrogens with zero attached hydrogens (tertiary/aromatic N) is 3. The van der Waals surface area contributed by atoms with E-state index in [-0.39, 0.29) is 5.25 Å². The van der Waals surface area contributed by atoms with Crippen LogP contribution in [-0.4, -0.2) is 25.8 Å². The fourth-order valence-corrected chi connectivity index (χ4v) is 4.02. The SMILES string of the molecule is Cn1c(S[C@H]2CCCCC2=O)nnc1-c1cccc(Br)c1. The number of benzene rings is 1. The molecule has 0 N–H and O–H groups in total. The number of carbonyl (C=O) groups excluding carboxylic acids is 1. The molecular formula is C15H16BrN3OS. The zero-order chi connectivity index (χ0) is 14.8. The topological polar surface area (TPSA) is 47.8 Å². The van der Waals surface area contributed by atoms with Crippen LogP contribution in [0.4, 0.5) is 0 Å². The van der Waals surface area contributed by atoms with Gasteiger partial charge in [0.1, 0.15) is 5.78 Å². The number of rotatable bonds is 3. The predicted molar refractivity (Wildman–Crippen MR) is 87.3 cm³/mol. The van der Waals surface area contributed by atoms with Crippen molar-refractivity contribution in [3.05, 3.63) is 28.7 Å². The second-order valence-corrected chi connectivity index (χ2v) is 7.28. The first-order valence-corrected chi connectivity index (χ1v) is 8.67. The third-order valence-electron chi connectivity index (χ3n) is 3.66. The first kappa shape index (κ1) is 14.8. The van der Waals surface area contributed by atoms with Crippen molar-refractivity contribution >= 4 is 33.5 Å². The number of ketones is 1. The van der Waals surface area contributed by atoms with E-state index in [0.29, 0.717) is 12.2 Å². The van der Waals surface area contributed by atoms with E-state index in [1.165, 1.54) is 0 Å². The van der Waals surface area contributed by atoms with Crippen molar-refractivity contribution in [2.24, 2.45) is 7.05 Å². The predicted octanol–water partition coefficient (Wildman–Crippen LogP) is 3.85. The van der Waals surface area contributed by atoms with Gasteiger partial charge in [-0.25, -0.2) is 0 Å². The first-order valence-electron chi connectivity index (χ1n) is 7.00. The Morgan fingerprint density at radius 1 is 1.33 bits per heavy atom. The van der Waals surface area contributed by atoms with Crippen LogP contribution in [0.3, 0.4) is 0 Å². The molecule has 1 atom stereocenters. The Hall–Kier alpha value is -1.14. The van der Waals surface area contributed by atoms with Gasteiger partial charge in [0, 0.05) is 23.5 Å². The molecule has 21 heavy (non-hydrogen) atoms. The second-order valence-electron chi connectivity index (χ2n) is 5.19. The summed E-state index contributed by atoms with van der Waals surface area (Å²) >= 11 is 5.02. The van der Waals surface area contributed by atoms with Crippen molar-refractivity contribution in [1.82, 2.24) is 14.8 Å². The molecule has 1 aromatic heterocycles. The van der Waals surface area contributed by atoms with Gasteiger partial charge in [0.2, 0.25) is 0 Å². The van der Waals surface area contributed by atoms with Gasteiger partial charge in [0.25, 0.3) is 0 Å². The van der Waals surface area contributed by atoms with Crippen LogP contribution in [0.5, 0.6) is 0 Å². The fraction of sp³-hybridized carbons (Fsp3) is 0.400. The normalized spacial score (nSPS) is 19.0. The van der Waals surface area contributed by atoms with Crippen LogP contribution in [0.1, 0.15) is 25.7 Å². The van der Waals surface area contributed by atoms with Gasteiger partial charge in [-0.05, 0) is 25.0 Å². The van der Waals surface area contributed by atoms with E-state index in [2.05, 4.69) is 26.1 Å². The molecule has 3 rings (SSSR count). The molecular weight excluding hydrogens is 350 g/mol. The molecule has 1 aromatic carbocycles. The standard InChI is InChI=1S/C15H16BrN3OS/c1-19-14(10-5-4-6-11(16)9-10)17-18-15(19)21-13-8-3-2-7-12(13)20/h4-6,9,13H,2-3,7-8H2,1H3/t13-/m0/s1. The molecule has 0 radical (unpaired) electrons. The quantitative estimate of drug-likeness (QED) is 0.828. The van der Waals surface area contributed by atoms with Crippen molar-refractivity contribution in [1.29, 1.82) is 0 Å². The molecule has 110 valence electrons. The highest BCUT2D eigenvalue weighted by Crippen LogP contribution is 2.32. The number of carbonyl (C=O) groups is 1. The highest BCUT2D eigenvalue weighted by Gasteiger charge is 2.25. The molecule has 2 aromatic rings. The summed E-state index contributed by atoms with van der Waals surface area (Å²) in [7, 11) is 1.95. The average molecular weight is 366 g/mol. The maximum atomic E-state index is 11.9. The fourth-order valence-electron chi connectivity index (χ4n) is 2.50. The zero-order valence-corrected chi connectivity index (χ0v) is 14.2. The maximum absolute atomic E-state index is 11.9. The van der Waals surface area contributed by atoms with Crippen molar-refractivity contribution < 1.29 is 4.79 Å². The smallest absolute Gasteiger partial charge is 0.191 e. The van der Waals surface area contributed by atoms with Gasteiger partial charge in [0.15, 0.2) is 11.0 Å². The van der Waals surface area contributed by atoms with E-state index in [1.54, 1.807) is 11.8 Å². The summed E-state index contributed by atoms with van der Waals surface area (Å²) in [5.41, 5.74) is 1.01. The van der Waals surface area contributed by atoms with Gasteiger partial charge in [-0.1, -0.05) is 46.2 Å². The van der Waals surface area contributed by atoms with Crippen LogP contribution in [0.2, 0.25) is 0 Å². The Labute approximate surface area is 136 Å². The molecule has 1 heterocycles. The Morgan fingerprint density at radius 2 is 2.19 bits per heavy atom. The summed E-state index contributed by atoms with van der Waals surface area (Å²) in [6.07, 6.45) is 3.80. The van der Waals surface area contributed by atoms with Crippen LogP contribution in [0.25, 0.3) is 11.4 Å². The van der Waals surface area contributed by atoms with Gasteiger partial charge in [-0.15, -0.1) is 10.2 Å². The lowest BCUT2D eigenvalue weighted by atomic mass is 9.99. The van der Waals surface area contributed by atoms with Crippen LogP contribution in [-0.2, 0) is 11.8 Å². The number of hydrogen-bond donors (Lipinski definition) is 0. The molecule has 6 heteroatoms. The van der Waals surface area contributed by atoms with E-state index < -0.39 is 0 Å². The van der Waals surface area contributed by atoms with Gasteiger partial charge in [0.05, 0.1) is 5.25 Å². The molecule has 0 aliphatic heterocycles. The van der Waals surface area contributed by atoms with E-state index in [4.69, 9.17) is 0 Å². The summed E-state index contributed by atoms with van der Waals surface area (Å²) < 4.78 is 2.98. The summed E-state index contributed by atoms with van der Waals surface area (Å²) in [5, 5.41) is 9.39. The van der Waals surface area contributed by atoms with E-state index in [9.17, 15) is 4.79 Å². The van der Waals surface area contributed by atoms with Crippen LogP contribution in [0.15, 0.2) is 33.9 Å². The van der Waals surface area contributed by atoms with Crippen molar-refractivity contribution in [3.63, 3.8) is 0 Å². The lowest BCUT2D eigenvalue weighted by molar-refractivity contribution is -0.119. The minimum Gasteiger partial charge on any atom is -0.305 e. The lowest BCUT2D eigenvalue weighted by Gasteiger charge is -2.19. The molecule has 0 bridgehead atoms. The highest BCUT2D eigenvalue weighted by atomic mass is 79.9. The third kappa shape index (κ3) is 3.21. The first-order chi connectivity index (χ1) is 10.1. The van der Waals surface area contributed by atoms with Gasteiger partial charge < -0.3 is 4.57 Å². The van der Waals surface area contributed by atoms with Crippen LogP contribution < -0.4 is 0 Å². The Kier molecular flexibility index (Phi) is 4.45. The van der Waals surface area contributed by atoms with Gasteiger partial charge in [-0.2, -0.15) is 0 Å². The maximum Gasteiger partial charge on any atom is 0.191 e. The lowest BCUT2D eigenvalue weighted by Crippen LogP contribution is -2.21. The van der Waals surface area contributed by atoms with Gasteiger partial charge >= 0.3 is 0 Å². The number of thioether (sulfide) groups is 1. The van der Waals surface area contributed by atoms with E-state index in [1.807, 2.05) is 35.9 Å². The Bertz CT molecular complexity index is 671. The average Bonchev–Trinajstić information content (AvgIpc) is 2.83. The Balaban J connectivity index is 1.84. The van der Waals surface area contributed by atoms with Crippen molar-refractivity contribution in [2.75, 3.05) is 0 Å². The Morgan fingerprint density at radius 3 is 2.95 bits per heavy atom. The summed E-state index contributed by atoms with van der Waals surface area (Å²) in [6, 6.07) is 7.99. The summed E-state index contributed by atoms with van der Waals surface area (Å²) in [4.78, 5) is 11.9. The third-order valence-corrected chi connectivity index (χ3v) is 5.51. The molecule has 1 fully saturated rings. The number of hydrogen-bond acceptors (Lipinski definition) is 4. The van der Waals surface area contributed by atoms with E-state index in [0.717, 1.165) is 40.3 Å². The zero-order valence-electron chi connectivity index (χ0n) is 11.8. The molecule has 1 saturated carbocycles. The minimum atomic E-state index is 0.0389. The second kappa shape index (κ2) is 6.32. The van der Waals surface area contributed by atoms with Crippen molar-refractivity contribution in [3.8, 4) is 11.4 Å². The molecule has 0 unspecified atom stereocenters. The van der Waals surface area contributed by atoms with Crippen LogP contribution >= 0.6 is 27.7 Å². The van der Waals surface area contributed by atoms with Crippen molar-refractivity contribution in [2.45, 2.75) is 36.1 Å². The largest absolute Gasteiger partial charge is 0.305 e.